The van der Waals surface area contributed by atoms with Gasteiger partial charge >= 0.3 is 0 Å². The lowest BCUT2D eigenvalue weighted by Gasteiger charge is -2.35. The number of nitriles is 1. The zero-order valence-corrected chi connectivity index (χ0v) is 15.6. The van der Waals surface area contributed by atoms with Crippen LogP contribution in [0.25, 0.3) is 0 Å². The summed E-state index contributed by atoms with van der Waals surface area (Å²) in [6.07, 6.45) is 0. The quantitative estimate of drug-likeness (QED) is 0.815. The minimum absolute atomic E-state index is 0.0208. The van der Waals surface area contributed by atoms with Crippen LogP contribution in [-0.2, 0) is 6.54 Å². The molecule has 1 fully saturated rings. The summed E-state index contributed by atoms with van der Waals surface area (Å²) in [6.45, 7) is 3.78. The molecule has 27 heavy (non-hydrogen) atoms. The smallest absolute Gasteiger partial charge is 0.257 e. The minimum atomic E-state index is -0.0208. The van der Waals surface area contributed by atoms with Gasteiger partial charge in [0.2, 0.25) is 0 Å². The monoisotopic (exact) mass is 365 g/mol. The van der Waals surface area contributed by atoms with Gasteiger partial charge in [0.25, 0.3) is 5.91 Å². The van der Waals surface area contributed by atoms with E-state index in [1.165, 1.54) is 5.56 Å². The predicted molar refractivity (Wildman–Crippen MR) is 102 cm³/mol. The van der Waals surface area contributed by atoms with Crippen molar-refractivity contribution in [2.45, 2.75) is 6.54 Å². The number of rotatable bonds is 5. The van der Waals surface area contributed by atoms with Crippen LogP contribution in [0, 0.1) is 11.3 Å². The maximum absolute atomic E-state index is 12.9. The summed E-state index contributed by atoms with van der Waals surface area (Å²) < 4.78 is 10.6. The molecule has 1 saturated heterocycles. The number of nitrogens with zero attached hydrogens (tertiary/aromatic N) is 3. The van der Waals surface area contributed by atoms with Crippen molar-refractivity contribution in [2.24, 2.45) is 0 Å². The van der Waals surface area contributed by atoms with Crippen molar-refractivity contribution >= 4 is 5.91 Å². The van der Waals surface area contributed by atoms with E-state index in [1.54, 1.807) is 32.4 Å². The molecule has 0 spiro atoms. The van der Waals surface area contributed by atoms with Crippen LogP contribution in [0.2, 0.25) is 0 Å². The minimum Gasteiger partial charge on any atom is -0.497 e. The van der Waals surface area contributed by atoms with Gasteiger partial charge in [0, 0.05) is 38.8 Å². The van der Waals surface area contributed by atoms with Crippen LogP contribution in [0.5, 0.6) is 11.5 Å². The Morgan fingerprint density at radius 3 is 2.33 bits per heavy atom. The van der Waals surface area contributed by atoms with Crippen molar-refractivity contribution in [1.82, 2.24) is 9.80 Å². The SMILES string of the molecule is COc1ccc(C(=O)N2CCN(Cc3ccc(C#N)cc3)CC2)c(OC)c1. The van der Waals surface area contributed by atoms with Crippen LogP contribution in [0.4, 0.5) is 0 Å². The molecule has 0 radical (unpaired) electrons. The second kappa shape index (κ2) is 8.56. The Labute approximate surface area is 159 Å². The van der Waals surface area contributed by atoms with Gasteiger partial charge in [-0.15, -0.1) is 0 Å². The molecule has 0 N–H and O–H groups in total. The third-order valence-electron chi connectivity index (χ3n) is 4.79. The van der Waals surface area contributed by atoms with Crippen molar-refractivity contribution in [3.63, 3.8) is 0 Å². The molecule has 2 aromatic carbocycles. The Bertz CT molecular complexity index is 835. The molecule has 140 valence electrons. The third-order valence-corrected chi connectivity index (χ3v) is 4.79. The number of methoxy groups -OCH3 is 2. The van der Waals surface area contributed by atoms with Crippen molar-refractivity contribution in [3.05, 3.63) is 59.2 Å². The highest BCUT2D eigenvalue weighted by molar-refractivity contribution is 5.97. The van der Waals surface area contributed by atoms with E-state index in [4.69, 9.17) is 14.7 Å². The van der Waals surface area contributed by atoms with Crippen LogP contribution in [0.15, 0.2) is 42.5 Å². The van der Waals surface area contributed by atoms with Crippen LogP contribution in [-0.4, -0.2) is 56.1 Å². The molecule has 1 amide bonds. The molecule has 1 aliphatic rings. The first-order chi connectivity index (χ1) is 13.1. The van der Waals surface area contributed by atoms with E-state index in [2.05, 4.69) is 11.0 Å². The maximum atomic E-state index is 12.9. The van der Waals surface area contributed by atoms with Crippen molar-refractivity contribution in [3.8, 4) is 17.6 Å². The summed E-state index contributed by atoms with van der Waals surface area (Å²) in [6, 6.07) is 15.0. The highest BCUT2D eigenvalue weighted by Crippen LogP contribution is 2.26. The Kier molecular flexibility index (Phi) is 5.94. The summed E-state index contributed by atoms with van der Waals surface area (Å²) in [5.41, 5.74) is 2.40. The topological polar surface area (TPSA) is 65.8 Å². The van der Waals surface area contributed by atoms with Crippen LogP contribution < -0.4 is 9.47 Å². The van der Waals surface area contributed by atoms with Gasteiger partial charge in [-0.3, -0.25) is 9.69 Å². The zero-order valence-electron chi connectivity index (χ0n) is 15.6. The van der Waals surface area contributed by atoms with E-state index >= 15 is 0 Å². The molecule has 6 nitrogen and oxygen atoms in total. The van der Waals surface area contributed by atoms with Gasteiger partial charge in [0.1, 0.15) is 11.5 Å². The fraction of sp³-hybridized carbons (Fsp3) is 0.333. The number of piperazine rings is 1. The van der Waals surface area contributed by atoms with Gasteiger partial charge in [0.05, 0.1) is 31.4 Å². The summed E-state index contributed by atoms with van der Waals surface area (Å²) in [5, 5.41) is 8.88. The van der Waals surface area contributed by atoms with Crippen LogP contribution >= 0.6 is 0 Å². The van der Waals surface area contributed by atoms with Gasteiger partial charge in [-0.25, -0.2) is 0 Å². The first-order valence-corrected chi connectivity index (χ1v) is 8.87. The van der Waals surface area contributed by atoms with Gasteiger partial charge in [-0.05, 0) is 29.8 Å². The van der Waals surface area contributed by atoms with Gasteiger partial charge in [0.15, 0.2) is 0 Å². The van der Waals surface area contributed by atoms with Gasteiger partial charge in [-0.1, -0.05) is 12.1 Å². The number of carbonyl (C=O) groups is 1. The lowest BCUT2D eigenvalue weighted by Crippen LogP contribution is -2.48. The van der Waals surface area contributed by atoms with E-state index in [0.29, 0.717) is 35.7 Å². The van der Waals surface area contributed by atoms with Gasteiger partial charge in [-0.2, -0.15) is 5.26 Å². The van der Waals surface area contributed by atoms with E-state index < -0.39 is 0 Å². The van der Waals surface area contributed by atoms with E-state index in [-0.39, 0.29) is 5.91 Å². The first-order valence-electron chi connectivity index (χ1n) is 8.87. The maximum Gasteiger partial charge on any atom is 0.257 e. The summed E-state index contributed by atoms with van der Waals surface area (Å²) in [7, 11) is 3.14. The molecule has 1 aliphatic heterocycles. The fourth-order valence-electron chi connectivity index (χ4n) is 3.20. The Hall–Kier alpha value is -3.04. The molecule has 6 heteroatoms. The number of amides is 1. The van der Waals surface area contributed by atoms with E-state index in [1.807, 2.05) is 29.2 Å². The van der Waals surface area contributed by atoms with Crippen LogP contribution in [0.1, 0.15) is 21.5 Å². The number of ether oxygens (including phenoxy) is 2. The Balaban J connectivity index is 1.60. The molecule has 0 aromatic heterocycles. The second-order valence-corrected chi connectivity index (χ2v) is 6.44. The number of hydrogen-bond acceptors (Lipinski definition) is 5. The lowest BCUT2D eigenvalue weighted by molar-refractivity contribution is 0.0625. The molecule has 0 saturated carbocycles. The first kappa shape index (κ1) is 18.7. The predicted octanol–water partition coefficient (Wildman–Crippen LogP) is 2.53. The standard InChI is InChI=1S/C21H23N3O3/c1-26-18-7-8-19(20(13-18)27-2)21(25)24-11-9-23(10-12-24)15-17-5-3-16(14-22)4-6-17/h3-8,13H,9-12,15H2,1-2H3. The normalized spacial score (nSPS) is 14.5. The molecular formula is C21H23N3O3. The Morgan fingerprint density at radius 1 is 1.04 bits per heavy atom. The average Bonchev–Trinajstić information content (AvgIpc) is 2.73. The largest absolute Gasteiger partial charge is 0.497 e. The lowest BCUT2D eigenvalue weighted by atomic mass is 10.1. The Morgan fingerprint density at radius 2 is 1.74 bits per heavy atom. The van der Waals surface area contributed by atoms with E-state index in [9.17, 15) is 4.79 Å². The number of benzene rings is 2. The number of carbonyl (C=O) groups excluding carboxylic acids is 1. The summed E-state index contributed by atoms with van der Waals surface area (Å²) >= 11 is 0. The van der Waals surface area contributed by atoms with Crippen molar-refractivity contribution < 1.29 is 14.3 Å². The zero-order chi connectivity index (χ0) is 19.2. The second-order valence-electron chi connectivity index (χ2n) is 6.44. The molecule has 1 heterocycles. The summed E-state index contributed by atoms with van der Waals surface area (Å²) in [4.78, 5) is 17.0. The summed E-state index contributed by atoms with van der Waals surface area (Å²) in [5.74, 6) is 1.17. The number of hydrogen-bond donors (Lipinski definition) is 0. The molecule has 2 aromatic rings. The molecular weight excluding hydrogens is 342 g/mol. The van der Waals surface area contributed by atoms with Crippen LogP contribution in [0.3, 0.4) is 0 Å². The van der Waals surface area contributed by atoms with E-state index in [0.717, 1.165) is 19.6 Å². The average molecular weight is 365 g/mol. The highest BCUT2D eigenvalue weighted by Gasteiger charge is 2.24. The highest BCUT2D eigenvalue weighted by atomic mass is 16.5. The molecule has 3 rings (SSSR count). The third kappa shape index (κ3) is 4.39. The van der Waals surface area contributed by atoms with Crippen molar-refractivity contribution in [1.29, 1.82) is 5.26 Å². The fourth-order valence-corrected chi connectivity index (χ4v) is 3.20. The molecule has 0 bridgehead atoms. The molecule has 0 unspecified atom stereocenters. The molecule has 0 aliphatic carbocycles. The van der Waals surface area contributed by atoms with Gasteiger partial charge < -0.3 is 14.4 Å². The molecule has 0 atom stereocenters. The van der Waals surface area contributed by atoms with Crippen molar-refractivity contribution in [2.75, 3.05) is 40.4 Å².